The summed E-state index contributed by atoms with van der Waals surface area (Å²) < 4.78 is 36.1. The summed E-state index contributed by atoms with van der Waals surface area (Å²) in [6.07, 6.45) is -4.64. The van der Waals surface area contributed by atoms with Crippen molar-refractivity contribution in [2.75, 3.05) is 0 Å². The maximum Gasteiger partial charge on any atom is 0.432 e. The van der Waals surface area contributed by atoms with Gasteiger partial charge in [0.05, 0.1) is 0 Å². The summed E-state index contributed by atoms with van der Waals surface area (Å²) in [5, 5.41) is 8.39. The molecule has 8 heteroatoms. The van der Waals surface area contributed by atoms with Gasteiger partial charge in [0, 0.05) is 6.07 Å². The van der Waals surface area contributed by atoms with E-state index in [0.29, 0.717) is 10.7 Å². The summed E-state index contributed by atoms with van der Waals surface area (Å²) in [6.45, 7) is 0. The number of halogens is 3. The van der Waals surface area contributed by atoms with E-state index in [1.54, 1.807) is 5.10 Å². The highest BCUT2D eigenvalue weighted by Gasteiger charge is 2.33. The molecule has 0 unspecified atom stereocenters. The van der Waals surface area contributed by atoms with Crippen LogP contribution in [0.5, 0.6) is 0 Å². The molecular weight excluding hydrogens is 189 g/mol. The van der Waals surface area contributed by atoms with E-state index in [4.69, 9.17) is 11.1 Å². The number of nitrogens with two attached hydrogens (primary N) is 1. The quantitative estimate of drug-likeness (QED) is 0.399. The van der Waals surface area contributed by atoms with Crippen molar-refractivity contribution in [1.82, 2.24) is 9.78 Å². The minimum atomic E-state index is -4.64. The van der Waals surface area contributed by atoms with Gasteiger partial charge in [-0.3, -0.25) is 15.3 Å². The largest absolute Gasteiger partial charge is 0.432 e. The molecule has 1 heterocycles. The second-order valence-electron chi connectivity index (χ2n) is 2.23. The molecule has 72 valence electrons. The Morgan fingerprint density at radius 3 is 2.38 bits per heavy atom. The van der Waals surface area contributed by atoms with E-state index in [9.17, 15) is 18.0 Å². The first-order chi connectivity index (χ1) is 5.82. The molecule has 0 spiro atoms. The summed E-state index contributed by atoms with van der Waals surface area (Å²) in [7, 11) is 0. The number of H-pyrrole nitrogens is 1. The molecule has 0 aromatic carbocycles. The second kappa shape index (κ2) is 2.64. The fourth-order valence-corrected chi connectivity index (χ4v) is 0.720. The fourth-order valence-electron chi connectivity index (χ4n) is 0.720. The first kappa shape index (κ1) is 9.36. The van der Waals surface area contributed by atoms with E-state index in [-0.39, 0.29) is 0 Å². The minimum absolute atomic E-state index is 0.294. The second-order valence-corrected chi connectivity index (χ2v) is 2.23. The molecule has 13 heavy (non-hydrogen) atoms. The minimum Gasteiger partial charge on any atom is -0.368 e. The van der Waals surface area contributed by atoms with Crippen molar-refractivity contribution in [3.63, 3.8) is 0 Å². The number of nitrogens with zero attached hydrogens (tertiary/aromatic N) is 1. The van der Waals surface area contributed by atoms with Gasteiger partial charge in [0.15, 0.2) is 0 Å². The van der Waals surface area contributed by atoms with Crippen molar-refractivity contribution in [2.24, 2.45) is 5.73 Å². The molecule has 0 amide bonds. The average Bonchev–Trinajstić information content (AvgIpc) is 2.29. The SMILES string of the molecule is N=C(N)n1[nH]c(C(F)(F)F)cc1=O. The van der Waals surface area contributed by atoms with Crippen molar-refractivity contribution < 1.29 is 13.2 Å². The molecule has 5 nitrogen and oxygen atoms in total. The van der Waals surface area contributed by atoms with E-state index in [1.165, 1.54) is 0 Å². The van der Waals surface area contributed by atoms with Crippen LogP contribution in [0.25, 0.3) is 0 Å². The number of hydrogen-bond acceptors (Lipinski definition) is 2. The van der Waals surface area contributed by atoms with Crippen LogP contribution in [0.3, 0.4) is 0 Å². The van der Waals surface area contributed by atoms with E-state index in [2.05, 4.69) is 0 Å². The smallest absolute Gasteiger partial charge is 0.368 e. The Kier molecular flexibility index (Phi) is 1.90. The lowest BCUT2D eigenvalue weighted by atomic mass is 10.4. The molecule has 0 atom stereocenters. The van der Waals surface area contributed by atoms with Crippen LogP contribution < -0.4 is 11.3 Å². The van der Waals surface area contributed by atoms with Crippen LogP contribution >= 0.6 is 0 Å². The number of hydrogen-bond donors (Lipinski definition) is 3. The molecule has 1 aromatic rings. The Morgan fingerprint density at radius 2 is 2.15 bits per heavy atom. The molecule has 0 radical (unpaired) electrons. The normalized spacial score (nSPS) is 11.6. The highest BCUT2D eigenvalue weighted by molar-refractivity contribution is 5.75. The van der Waals surface area contributed by atoms with Gasteiger partial charge >= 0.3 is 6.18 Å². The standard InChI is InChI=1S/C5H5F3N4O/c6-5(7,8)2-1-3(13)12(11-2)4(9)10/h1,11H,(H3,9,10). The van der Waals surface area contributed by atoms with Crippen LogP contribution in [0.4, 0.5) is 13.2 Å². The zero-order valence-corrected chi connectivity index (χ0v) is 6.14. The van der Waals surface area contributed by atoms with Crippen LogP contribution in [0, 0.1) is 5.41 Å². The van der Waals surface area contributed by atoms with Crippen molar-refractivity contribution >= 4 is 5.96 Å². The third kappa shape index (κ3) is 1.71. The first-order valence-electron chi connectivity index (χ1n) is 3.06. The molecule has 0 saturated carbocycles. The van der Waals surface area contributed by atoms with Crippen LogP contribution in [0.2, 0.25) is 0 Å². The summed E-state index contributed by atoms with van der Waals surface area (Å²) in [5.74, 6) is -0.791. The van der Waals surface area contributed by atoms with Gasteiger partial charge in [-0.15, -0.1) is 0 Å². The molecule has 0 aliphatic heterocycles. The topological polar surface area (TPSA) is 87.7 Å². The van der Waals surface area contributed by atoms with Gasteiger partial charge in [0.25, 0.3) is 5.56 Å². The average molecular weight is 194 g/mol. The van der Waals surface area contributed by atoms with Crippen molar-refractivity contribution in [2.45, 2.75) is 6.18 Å². The monoisotopic (exact) mass is 194 g/mol. The summed E-state index contributed by atoms with van der Waals surface area (Å²) in [4.78, 5) is 10.7. The predicted octanol–water partition coefficient (Wildman–Crippen LogP) is -0.0632. The zero-order chi connectivity index (χ0) is 10.2. The van der Waals surface area contributed by atoms with Crippen molar-refractivity contribution in [1.29, 1.82) is 5.41 Å². The Labute approximate surface area is 69.5 Å². The number of aromatic nitrogens is 2. The summed E-state index contributed by atoms with van der Waals surface area (Å²) >= 11 is 0. The third-order valence-corrected chi connectivity index (χ3v) is 1.27. The van der Waals surface area contributed by atoms with Gasteiger partial charge in [-0.2, -0.15) is 17.9 Å². The molecular formula is C5H5F3N4O. The van der Waals surface area contributed by atoms with Gasteiger partial charge in [0.1, 0.15) is 5.69 Å². The maximum absolute atomic E-state index is 11.9. The number of alkyl halides is 3. The highest BCUT2D eigenvalue weighted by Crippen LogP contribution is 2.25. The number of nitrogen functional groups attached to an aromatic ring is 1. The van der Waals surface area contributed by atoms with Gasteiger partial charge in [-0.1, -0.05) is 0 Å². The van der Waals surface area contributed by atoms with Gasteiger partial charge in [-0.05, 0) is 0 Å². The van der Waals surface area contributed by atoms with E-state index < -0.39 is 23.4 Å². The lowest BCUT2D eigenvalue weighted by molar-refractivity contribution is -0.141. The number of aromatic amines is 1. The predicted molar refractivity (Wildman–Crippen MR) is 37.4 cm³/mol. The third-order valence-electron chi connectivity index (χ3n) is 1.27. The summed E-state index contributed by atoms with van der Waals surface area (Å²) in [6, 6.07) is 0.335. The highest BCUT2D eigenvalue weighted by atomic mass is 19.4. The summed E-state index contributed by atoms with van der Waals surface area (Å²) in [5.41, 5.74) is 2.58. The van der Waals surface area contributed by atoms with E-state index >= 15 is 0 Å². The van der Waals surface area contributed by atoms with Gasteiger partial charge in [-0.25, -0.2) is 0 Å². The molecule has 0 bridgehead atoms. The number of rotatable bonds is 0. The molecule has 0 aliphatic rings. The van der Waals surface area contributed by atoms with Gasteiger partial charge in [0.2, 0.25) is 5.96 Å². The van der Waals surface area contributed by atoms with Crippen LogP contribution in [-0.4, -0.2) is 15.7 Å². The number of nitrogens with one attached hydrogen (secondary N) is 2. The van der Waals surface area contributed by atoms with Crippen LogP contribution in [0.15, 0.2) is 10.9 Å². The van der Waals surface area contributed by atoms with Crippen molar-refractivity contribution in [3.8, 4) is 0 Å². The Morgan fingerprint density at radius 1 is 1.62 bits per heavy atom. The lowest BCUT2D eigenvalue weighted by Crippen LogP contribution is -2.30. The van der Waals surface area contributed by atoms with Crippen molar-refractivity contribution in [3.05, 3.63) is 22.1 Å². The Hall–Kier alpha value is -1.73. The van der Waals surface area contributed by atoms with Crippen LogP contribution in [-0.2, 0) is 6.18 Å². The molecule has 1 rings (SSSR count). The van der Waals surface area contributed by atoms with E-state index in [0.717, 1.165) is 0 Å². The molecule has 0 saturated heterocycles. The van der Waals surface area contributed by atoms with Gasteiger partial charge < -0.3 is 5.73 Å². The lowest BCUT2D eigenvalue weighted by Gasteiger charge is -2.01. The maximum atomic E-state index is 11.9. The Bertz CT molecular complexity index is 387. The molecule has 0 fully saturated rings. The van der Waals surface area contributed by atoms with E-state index in [1.807, 2.05) is 0 Å². The molecule has 1 aromatic heterocycles. The first-order valence-corrected chi connectivity index (χ1v) is 3.06. The molecule has 4 N–H and O–H groups in total. The zero-order valence-electron chi connectivity index (χ0n) is 6.14. The fraction of sp³-hybridized carbons (Fsp3) is 0.200. The van der Waals surface area contributed by atoms with Crippen LogP contribution in [0.1, 0.15) is 5.69 Å². The molecule has 0 aliphatic carbocycles. The Balaban J connectivity index is 3.25.